The van der Waals surface area contributed by atoms with Crippen LogP contribution in [0.1, 0.15) is 46.5 Å². The van der Waals surface area contributed by atoms with Crippen LogP contribution in [0.15, 0.2) is 0 Å². The van der Waals surface area contributed by atoms with Crippen LogP contribution >= 0.6 is 12.4 Å². The Kier molecular flexibility index (Phi) is 6.95. The highest BCUT2D eigenvalue weighted by molar-refractivity contribution is 5.85. The molecule has 2 aliphatic heterocycles. The third kappa shape index (κ3) is 5.76. The summed E-state index contributed by atoms with van der Waals surface area (Å²) in [6.07, 6.45) is 4.44. The van der Waals surface area contributed by atoms with Crippen LogP contribution in [0.3, 0.4) is 0 Å². The van der Waals surface area contributed by atoms with Crippen LogP contribution in [0.25, 0.3) is 0 Å². The molecule has 2 rings (SSSR count). The van der Waals surface area contributed by atoms with Gasteiger partial charge in [-0.05, 0) is 58.5 Å². The maximum Gasteiger partial charge on any atom is 0.225 e. The van der Waals surface area contributed by atoms with E-state index in [1.54, 1.807) is 0 Å². The monoisotopic (exact) mass is 317 g/mol. The van der Waals surface area contributed by atoms with Crippen LogP contribution in [0.4, 0.5) is 0 Å². The number of hydrogen-bond donors (Lipinski definition) is 1. The van der Waals surface area contributed by atoms with Gasteiger partial charge in [-0.1, -0.05) is 6.92 Å². The predicted octanol–water partition coefficient (Wildman–Crippen LogP) is 2.12. The quantitative estimate of drug-likeness (QED) is 0.867. The van der Waals surface area contributed by atoms with Crippen molar-refractivity contribution in [1.82, 2.24) is 9.80 Å². The summed E-state index contributed by atoms with van der Waals surface area (Å²) in [5, 5.41) is 0. The Labute approximate surface area is 135 Å². The summed E-state index contributed by atoms with van der Waals surface area (Å²) >= 11 is 0. The molecule has 2 fully saturated rings. The minimum absolute atomic E-state index is 0. The van der Waals surface area contributed by atoms with E-state index in [9.17, 15) is 4.79 Å². The van der Waals surface area contributed by atoms with Gasteiger partial charge in [-0.2, -0.15) is 0 Å². The Balaban J connectivity index is 0.00000220. The zero-order valence-corrected chi connectivity index (χ0v) is 14.6. The smallest absolute Gasteiger partial charge is 0.225 e. The van der Waals surface area contributed by atoms with Crippen molar-refractivity contribution >= 4 is 18.3 Å². The Bertz CT molecular complexity index is 335. The number of nitrogens with two attached hydrogens (primary N) is 1. The van der Waals surface area contributed by atoms with Crippen molar-refractivity contribution in [1.29, 1.82) is 0 Å². The molecule has 0 bridgehead atoms. The number of carbonyl (C=O) groups is 1. The molecule has 0 aliphatic carbocycles. The molecule has 0 aromatic rings. The van der Waals surface area contributed by atoms with E-state index in [-0.39, 0.29) is 23.9 Å². The van der Waals surface area contributed by atoms with Crippen molar-refractivity contribution in [2.75, 3.05) is 32.7 Å². The molecular weight excluding hydrogens is 286 g/mol. The van der Waals surface area contributed by atoms with Crippen molar-refractivity contribution in [2.45, 2.75) is 52.0 Å². The highest BCUT2D eigenvalue weighted by atomic mass is 35.5. The van der Waals surface area contributed by atoms with Gasteiger partial charge < -0.3 is 15.5 Å². The number of amides is 1. The van der Waals surface area contributed by atoms with Crippen LogP contribution in [-0.2, 0) is 4.79 Å². The first-order chi connectivity index (χ1) is 9.35. The normalized spacial score (nSPS) is 25.5. The summed E-state index contributed by atoms with van der Waals surface area (Å²) < 4.78 is 0. The maximum atomic E-state index is 12.6. The molecule has 0 aromatic carbocycles. The lowest BCUT2D eigenvalue weighted by Gasteiger charge is -2.38. The average molecular weight is 318 g/mol. The molecule has 0 spiro atoms. The Hall–Kier alpha value is -0.320. The molecule has 4 nitrogen and oxygen atoms in total. The van der Waals surface area contributed by atoms with Crippen LogP contribution in [0.2, 0.25) is 0 Å². The largest absolute Gasteiger partial charge is 0.342 e. The van der Waals surface area contributed by atoms with Gasteiger partial charge in [0, 0.05) is 31.1 Å². The SMILES string of the molecule is CC1CCCN(C(=O)C2CCN(CC(C)(C)N)CC2)C1.Cl. The van der Waals surface area contributed by atoms with Gasteiger partial charge in [0.15, 0.2) is 0 Å². The first kappa shape index (κ1) is 18.7. The van der Waals surface area contributed by atoms with E-state index in [2.05, 4.69) is 30.6 Å². The van der Waals surface area contributed by atoms with Crippen molar-refractivity contribution in [3.63, 3.8) is 0 Å². The molecule has 1 amide bonds. The molecule has 0 aromatic heterocycles. The first-order valence-corrected chi connectivity index (χ1v) is 8.15. The minimum atomic E-state index is -0.140. The highest BCUT2D eigenvalue weighted by Crippen LogP contribution is 2.24. The summed E-state index contributed by atoms with van der Waals surface area (Å²) in [6.45, 7) is 11.3. The van der Waals surface area contributed by atoms with Gasteiger partial charge in [-0.25, -0.2) is 0 Å². The van der Waals surface area contributed by atoms with Crippen molar-refractivity contribution in [3.05, 3.63) is 0 Å². The number of piperidine rings is 2. The first-order valence-electron chi connectivity index (χ1n) is 8.15. The number of carbonyl (C=O) groups excluding carboxylic acids is 1. The van der Waals surface area contributed by atoms with Crippen molar-refractivity contribution < 1.29 is 4.79 Å². The van der Waals surface area contributed by atoms with Crippen molar-refractivity contribution in [3.8, 4) is 0 Å². The lowest BCUT2D eigenvalue weighted by Crippen LogP contribution is -2.50. The molecule has 2 heterocycles. The Morgan fingerprint density at radius 3 is 2.33 bits per heavy atom. The standard InChI is InChI=1S/C16H31N3O.ClH/c1-13-5-4-8-19(11-13)15(20)14-6-9-18(10-7-14)12-16(2,3)17;/h13-14H,4-12,17H2,1-3H3;1H. The van der Waals surface area contributed by atoms with E-state index < -0.39 is 0 Å². The molecule has 5 heteroatoms. The van der Waals surface area contributed by atoms with Gasteiger partial charge in [-0.15, -0.1) is 12.4 Å². The number of hydrogen-bond acceptors (Lipinski definition) is 3. The van der Waals surface area contributed by atoms with Gasteiger partial charge >= 0.3 is 0 Å². The third-order valence-electron chi connectivity index (χ3n) is 4.54. The fourth-order valence-electron chi connectivity index (χ4n) is 3.56. The average Bonchev–Trinajstić information content (AvgIpc) is 2.37. The third-order valence-corrected chi connectivity index (χ3v) is 4.54. The molecule has 124 valence electrons. The lowest BCUT2D eigenvalue weighted by molar-refractivity contribution is -0.138. The number of halogens is 1. The van der Waals surface area contributed by atoms with E-state index in [1.165, 1.54) is 12.8 Å². The molecule has 0 radical (unpaired) electrons. The van der Waals surface area contributed by atoms with Gasteiger partial charge in [-0.3, -0.25) is 4.79 Å². The highest BCUT2D eigenvalue weighted by Gasteiger charge is 2.31. The van der Waals surface area contributed by atoms with E-state index in [0.29, 0.717) is 11.8 Å². The maximum absolute atomic E-state index is 12.6. The van der Waals surface area contributed by atoms with E-state index >= 15 is 0 Å². The van der Waals surface area contributed by atoms with Crippen LogP contribution in [0.5, 0.6) is 0 Å². The second-order valence-corrected chi connectivity index (χ2v) is 7.57. The minimum Gasteiger partial charge on any atom is -0.342 e. The number of likely N-dealkylation sites (tertiary alicyclic amines) is 2. The molecule has 1 unspecified atom stereocenters. The van der Waals surface area contributed by atoms with Gasteiger partial charge in [0.05, 0.1) is 0 Å². The second kappa shape index (κ2) is 7.80. The molecule has 1 atom stereocenters. The topological polar surface area (TPSA) is 49.6 Å². The number of rotatable bonds is 3. The second-order valence-electron chi connectivity index (χ2n) is 7.57. The van der Waals surface area contributed by atoms with Gasteiger partial charge in [0.1, 0.15) is 0 Å². The summed E-state index contributed by atoms with van der Waals surface area (Å²) in [6, 6.07) is 0. The molecular formula is C16H32ClN3O. The fraction of sp³-hybridized carbons (Fsp3) is 0.938. The summed E-state index contributed by atoms with van der Waals surface area (Å²) in [4.78, 5) is 17.1. The summed E-state index contributed by atoms with van der Waals surface area (Å²) in [7, 11) is 0. The molecule has 2 aliphatic rings. The zero-order valence-electron chi connectivity index (χ0n) is 13.8. The van der Waals surface area contributed by atoms with Gasteiger partial charge in [0.25, 0.3) is 0 Å². The molecule has 21 heavy (non-hydrogen) atoms. The zero-order chi connectivity index (χ0) is 14.8. The van der Waals surface area contributed by atoms with Gasteiger partial charge in [0.2, 0.25) is 5.91 Å². The van der Waals surface area contributed by atoms with Crippen molar-refractivity contribution in [2.24, 2.45) is 17.6 Å². The van der Waals surface area contributed by atoms with E-state index in [0.717, 1.165) is 45.6 Å². The molecule has 2 N–H and O–H groups in total. The van der Waals surface area contributed by atoms with Crippen LogP contribution < -0.4 is 5.73 Å². The number of nitrogens with zero attached hydrogens (tertiary/aromatic N) is 2. The van der Waals surface area contributed by atoms with E-state index in [1.807, 2.05) is 0 Å². The molecule has 2 saturated heterocycles. The Morgan fingerprint density at radius 2 is 1.81 bits per heavy atom. The Morgan fingerprint density at radius 1 is 1.19 bits per heavy atom. The van der Waals surface area contributed by atoms with E-state index in [4.69, 9.17) is 5.73 Å². The summed E-state index contributed by atoms with van der Waals surface area (Å²) in [5.41, 5.74) is 5.94. The predicted molar refractivity (Wildman–Crippen MR) is 89.7 cm³/mol. The van der Waals surface area contributed by atoms with Crippen LogP contribution in [0, 0.1) is 11.8 Å². The lowest BCUT2D eigenvalue weighted by atomic mass is 9.92. The molecule has 0 saturated carbocycles. The summed E-state index contributed by atoms with van der Waals surface area (Å²) in [5.74, 6) is 1.33. The fourth-order valence-corrected chi connectivity index (χ4v) is 3.56. The van der Waals surface area contributed by atoms with Crippen LogP contribution in [-0.4, -0.2) is 54.0 Å².